The zero-order chi connectivity index (χ0) is 16.6. The molecule has 118 valence electrons. The summed E-state index contributed by atoms with van der Waals surface area (Å²) in [5.41, 5.74) is 2.39. The Morgan fingerprint density at radius 1 is 1.26 bits per heavy atom. The van der Waals surface area contributed by atoms with Gasteiger partial charge in [-0.3, -0.25) is 0 Å². The van der Waals surface area contributed by atoms with Crippen LogP contribution in [0.3, 0.4) is 0 Å². The number of halogens is 1. The van der Waals surface area contributed by atoms with Gasteiger partial charge in [-0.25, -0.2) is 4.79 Å². The molecular weight excluding hydrogens is 314 g/mol. The Bertz CT molecular complexity index is 899. The minimum absolute atomic E-state index is 0.362. The zero-order valence-electron chi connectivity index (χ0n) is 12.8. The average molecular weight is 330 g/mol. The molecule has 23 heavy (non-hydrogen) atoms. The molecule has 0 bridgehead atoms. The number of aryl methyl sites for hydroxylation is 1. The van der Waals surface area contributed by atoms with Gasteiger partial charge >= 0.3 is 5.97 Å². The summed E-state index contributed by atoms with van der Waals surface area (Å²) in [5.74, 6) is -0.114. The molecule has 0 aliphatic heterocycles. The first kappa shape index (κ1) is 15.4. The molecule has 3 rings (SSSR count). The van der Waals surface area contributed by atoms with Gasteiger partial charge in [-0.15, -0.1) is 0 Å². The molecule has 0 unspecified atom stereocenters. The summed E-state index contributed by atoms with van der Waals surface area (Å²) in [4.78, 5) is 12.4. The Kier molecular flexibility index (Phi) is 4.01. The van der Waals surface area contributed by atoms with E-state index in [4.69, 9.17) is 16.3 Å². The van der Waals surface area contributed by atoms with Crippen molar-refractivity contribution < 1.29 is 14.7 Å². The number of hydrogen-bond donors (Lipinski definition) is 1. The molecule has 0 radical (unpaired) electrons. The van der Waals surface area contributed by atoms with Gasteiger partial charge in [-0.05, 0) is 49.2 Å². The van der Waals surface area contributed by atoms with Crippen molar-refractivity contribution in [1.82, 2.24) is 4.73 Å². The van der Waals surface area contributed by atoms with Crippen LogP contribution in [0.2, 0.25) is 5.02 Å². The molecule has 0 atom stereocenters. The van der Waals surface area contributed by atoms with Crippen molar-refractivity contribution in [3.8, 4) is 5.75 Å². The number of ether oxygens (including phenoxy) is 1. The Labute approximate surface area is 138 Å². The molecule has 5 heteroatoms. The summed E-state index contributed by atoms with van der Waals surface area (Å²) in [6.45, 7) is 3.67. The van der Waals surface area contributed by atoms with Crippen molar-refractivity contribution in [1.29, 1.82) is 0 Å². The summed E-state index contributed by atoms with van der Waals surface area (Å²) in [6, 6.07) is 12.3. The second-order valence-electron chi connectivity index (χ2n) is 5.29. The van der Waals surface area contributed by atoms with E-state index in [1.165, 1.54) is 0 Å². The molecule has 4 nitrogen and oxygen atoms in total. The van der Waals surface area contributed by atoms with E-state index in [2.05, 4.69) is 0 Å². The van der Waals surface area contributed by atoms with Crippen LogP contribution in [0.25, 0.3) is 10.9 Å². The number of benzene rings is 2. The number of carbonyl (C=O) groups excluding carboxylic acids is 1. The quantitative estimate of drug-likeness (QED) is 0.563. The Morgan fingerprint density at radius 3 is 2.74 bits per heavy atom. The lowest BCUT2D eigenvalue weighted by molar-refractivity contribution is 0.0732. The van der Waals surface area contributed by atoms with Gasteiger partial charge in [-0.1, -0.05) is 30.7 Å². The number of para-hydroxylation sites is 1. The smallest absolute Gasteiger partial charge is 0.343 e. The number of fused-ring (bicyclic) bond motifs is 1. The summed E-state index contributed by atoms with van der Waals surface area (Å²) in [7, 11) is 0. The number of rotatable bonds is 3. The lowest BCUT2D eigenvalue weighted by Crippen LogP contribution is -2.09. The molecule has 0 spiro atoms. The van der Waals surface area contributed by atoms with Gasteiger partial charge in [-0.2, -0.15) is 4.73 Å². The standard InChI is InChI=1S/C18H16ClNO3/c1-3-12-10-13(8-9-15(12)19)18(21)23-17-11(2)20(22)16-7-5-4-6-14(16)17/h4-10,22H,3H2,1-2H3. The molecule has 0 aliphatic rings. The van der Waals surface area contributed by atoms with E-state index in [0.29, 0.717) is 32.9 Å². The van der Waals surface area contributed by atoms with Gasteiger partial charge in [0.2, 0.25) is 0 Å². The highest BCUT2D eigenvalue weighted by Gasteiger charge is 2.19. The number of nitrogens with zero attached hydrogens (tertiary/aromatic N) is 1. The van der Waals surface area contributed by atoms with Gasteiger partial charge in [0.15, 0.2) is 5.75 Å². The van der Waals surface area contributed by atoms with E-state index < -0.39 is 5.97 Å². The van der Waals surface area contributed by atoms with E-state index in [0.717, 1.165) is 16.7 Å². The zero-order valence-corrected chi connectivity index (χ0v) is 13.6. The van der Waals surface area contributed by atoms with Gasteiger partial charge in [0.1, 0.15) is 0 Å². The first-order chi connectivity index (χ1) is 11.0. The maximum atomic E-state index is 12.4. The molecule has 1 heterocycles. The van der Waals surface area contributed by atoms with E-state index in [1.807, 2.05) is 19.1 Å². The summed E-state index contributed by atoms with van der Waals surface area (Å²) in [6.07, 6.45) is 0.731. The van der Waals surface area contributed by atoms with E-state index in [1.54, 1.807) is 37.3 Å². The van der Waals surface area contributed by atoms with Crippen LogP contribution in [0.1, 0.15) is 28.5 Å². The predicted octanol–water partition coefficient (Wildman–Crippen LogP) is 4.62. The van der Waals surface area contributed by atoms with E-state index in [9.17, 15) is 10.0 Å². The molecule has 0 amide bonds. The van der Waals surface area contributed by atoms with Crippen molar-refractivity contribution in [3.05, 3.63) is 64.3 Å². The minimum atomic E-state index is -0.476. The predicted molar refractivity (Wildman–Crippen MR) is 89.6 cm³/mol. The molecule has 2 aromatic carbocycles. The molecule has 1 aromatic heterocycles. The van der Waals surface area contributed by atoms with Crippen molar-refractivity contribution >= 4 is 28.5 Å². The van der Waals surface area contributed by atoms with Crippen LogP contribution in [0.15, 0.2) is 42.5 Å². The SMILES string of the molecule is CCc1cc(C(=O)Oc2c(C)n(O)c3ccccc23)ccc1Cl. The van der Waals surface area contributed by atoms with E-state index >= 15 is 0 Å². The fraction of sp³-hybridized carbons (Fsp3) is 0.167. The summed E-state index contributed by atoms with van der Waals surface area (Å²) < 4.78 is 6.57. The molecule has 1 N–H and O–H groups in total. The maximum absolute atomic E-state index is 12.4. The van der Waals surface area contributed by atoms with Gasteiger partial charge < -0.3 is 9.94 Å². The maximum Gasteiger partial charge on any atom is 0.343 e. The van der Waals surface area contributed by atoms with Crippen molar-refractivity contribution in [2.24, 2.45) is 0 Å². The fourth-order valence-electron chi connectivity index (χ4n) is 2.58. The van der Waals surface area contributed by atoms with Crippen LogP contribution in [0, 0.1) is 6.92 Å². The van der Waals surface area contributed by atoms with Gasteiger partial charge in [0.25, 0.3) is 0 Å². The van der Waals surface area contributed by atoms with Crippen LogP contribution >= 0.6 is 11.6 Å². The first-order valence-electron chi connectivity index (χ1n) is 7.32. The fourth-order valence-corrected chi connectivity index (χ4v) is 2.83. The highest BCUT2D eigenvalue weighted by atomic mass is 35.5. The molecule has 0 aliphatic carbocycles. The third kappa shape index (κ3) is 2.66. The Balaban J connectivity index is 1.99. The van der Waals surface area contributed by atoms with Crippen LogP contribution in [-0.2, 0) is 6.42 Å². The number of carbonyl (C=O) groups is 1. The second-order valence-corrected chi connectivity index (χ2v) is 5.70. The third-order valence-electron chi connectivity index (χ3n) is 3.88. The third-order valence-corrected chi connectivity index (χ3v) is 4.25. The second kappa shape index (κ2) is 5.97. The summed E-state index contributed by atoms with van der Waals surface area (Å²) in [5, 5.41) is 11.4. The molecule has 0 saturated heterocycles. The number of esters is 1. The van der Waals surface area contributed by atoms with Crippen LogP contribution in [0.5, 0.6) is 5.75 Å². The monoisotopic (exact) mass is 329 g/mol. The van der Waals surface area contributed by atoms with Crippen molar-refractivity contribution in [3.63, 3.8) is 0 Å². The molecule has 0 saturated carbocycles. The molecule has 3 aromatic rings. The minimum Gasteiger partial charge on any atom is -0.428 e. The Morgan fingerprint density at radius 2 is 2.00 bits per heavy atom. The average Bonchev–Trinajstić information content (AvgIpc) is 2.80. The summed E-state index contributed by atoms with van der Waals surface area (Å²) >= 11 is 6.08. The first-order valence-corrected chi connectivity index (χ1v) is 7.70. The largest absolute Gasteiger partial charge is 0.428 e. The highest BCUT2D eigenvalue weighted by Crippen LogP contribution is 2.32. The van der Waals surface area contributed by atoms with Crippen LogP contribution in [-0.4, -0.2) is 15.9 Å². The van der Waals surface area contributed by atoms with Crippen LogP contribution in [0.4, 0.5) is 0 Å². The van der Waals surface area contributed by atoms with Crippen molar-refractivity contribution in [2.75, 3.05) is 0 Å². The molecular formula is C18H16ClNO3. The van der Waals surface area contributed by atoms with E-state index in [-0.39, 0.29) is 0 Å². The molecule has 0 fully saturated rings. The highest BCUT2D eigenvalue weighted by molar-refractivity contribution is 6.31. The lowest BCUT2D eigenvalue weighted by atomic mass is 10.1. The van der Waals surface area contributed by atoms with Crippen molar-refractivity contribution in [2.45, 2.75) is 20.3 Å². The lowest BCUT2D eigenvalue weighted by Gasteiger charge is -2.07. The number of hydrogen-bond acceptors (Lipinski definition) is 3. The topological polar surface area (TPSA) is 51.5 Å². The van der Waals surface area contributed by atoms with Crippen LogP contribution < -0.4 is 4.74 Å². The van der Waals surface area contributed by atoms with Gasteiger partial charge in [0, 0.05) is 10.4 Å². The Hall–Kier alpha value is -2.46. The normalized spacial score (nSPS) is 10.9. The number of aromatic nitrogens is 1. The van der Waals surface area contributed by atoms with Gasteiger partial charge in [0.05, 0.1) is 16.8 Å².